The van der Waals surface area contributed by atoms with Crippen LogP contribution < -0.4 is 11.1 Å². The zero-order chi connectivity index (χ0) is 13.5. The third-order valence-electron chi connectivity index (χ3n) is 3.26. The number of primary amides is 1. The van der Waals surface area contributed by atoms with Gasteiger partial charge in [0.05, 0.1) is 0 Å². The third-order valence-corrected chi connectivity index (χ3v) is 3.26. The second-order valence-corrected chi connectivity index (χ2v) is 5.15. The first-order valence-electron chi connectivity index (χ1n) is 7.76. The molecule has 0 bridgehead atoms. The van der Waals surface area contributed by atoms with Gasteiger partial charge in [0.25, 0.3) is 0 Å². The Labute approximate surface area is 113 Å². The number of nitrogens with one attached hydrogen (secondary N) is 1. The van der Waals surface area contributed by atoms with Crippen molar-refractivity contribution in [1.82, 2.24) is 5.32 Å². The summed E-state index contributed by atoms with van der Waals surface area (Å²) in [5.74, 6) is -0.217. The highest BCUT2D eigenvalue weighted by Crippen LogP contribution is 2.10. The van der Waals surface area contributed by atoms with E-state index in [-0.39, 0.29) is 5.91 Å². The van der Waals surface area contributed by atoms with Crippen LogP contribution in [0.2, 0.25) is 0 Å². The fourth-order valence-electron chi connectivity index (χ4n) is 2.07. The van der Waals surface area contributed by atoms with E-state index in [9.17, 15) is 4.79 Å². The van der Waals surface area contributed by atoms with Crippen molar-refractivity contribution in [1.29, 1.82) is 0 Å². The average molecular weight is 256 g/mol. The smallest absolute Gasteiger partial charge is 0.218 e. The summed E-state index contributed by atoms with van der Waals surface area (Å²) in [7, 11) is 0. The quantitative estimate of drug-likeness (QED) is 0.468. The number of carbonyl (C=O) groups is 1. The van der Waals surface area contributed by atoms with Gasteiger partial charge in [-0.3, -0.25) is 4.79 Å². The van der Waals surface area contributed by atoms with Crippen LogP contribution in [0.3, 0.4) is 0 Å². The molecule has 1 amide bonds. The first-order chi connectivity index (χ1) is 8.77. The summed E-state index contributed by atoms with van der Waals surface area (Å²) in [5.41, 5.74) is 5.05. The van der Waals surface area contributed by atoms with Gasteiger partial charge >= 0.3 is 0 Å². The van der Waals surface area contributed by atoms with E-state index in [2.05, 4.69) is 12.2 Å². The van der Waals surface area contributed by atoms with Crippen LogP contribution in [-0.2, 0) is 4.79 Å². The molecule has 3 heteroatoms. The molecule has 3 N–H and O–H groups in total. The van der Waals surface area contributed by atoms with Gasteiger partial charge in [0.1, 0.15) is 0 Å². The van der Waals surface area contributed by atoms with E-state index in [1.165, 1.54) is 64.2 Å². The van der Waals surface area contributed by atoms with Gasteiger partial charge < -0.3 is 11.1 Å². The Balaban J connectivity index is 2.92. The van der Waals surface area contributed by atoms with Crippen LogP contribution in [0.15, 0.2) is 0 Å². The molecule has 0 heterocycles. The SMILES string of the molecule is CCCCCCCCCCCCNCCC(N)=O. The molecule has 18 heavy (non-hydrogen) atoms. The first-order valence-corrected chi connectivity index (χ1v) is 7.76. The zero-order valence-corrected chi connectivity index (χ0v) is 12.2. The number of carbonyl (C=O) groups excluding carboxylic acids is 1. The summed E-state index contributed by atoms with van der Waals surface area (Å²) in [6.45, 7) is 4.01. The van der Waals surface area contributed by atoms with Gasteiger partial charge in [0.15, 0.2) is 0 Å². The van der Waals surface area contributed by atoms with Crippen LogP contribution >= 0.6 is 0 Å². The largest absolute Gasteiger partial charge is 0.370 e. The molecule has 0 rings (SSSR count). The zero-order valence-electron chi connectivity index (χ0n) is 12.2. The molecule has 0 aliphatic carbocycles. The van der Waals surface area contributed by atoms with Gasteiger partial charge in [-0.05, 0) is 13.0 Å². The van der Waals surface area contributed by atoms with Gasteiger partial charge in [0, 0.05) is 13.0 Å². The van der Waals surface area contributed by atoms with E-state index < -0.39 is 0 Å². The molecule has 0 unspecified atom stereocenters. The van der Waals surface area contributed by atoms with E-state index in [1.807, 2.05) is 0 Å². The lowest BCUT2D eigenvalue weighted by molar-refractivity contribution is -0.117. The van der Waals surface area contributed by atoms with Gasteiger partial charge in [0.2, 0.25) is 5.91 Å². The van der Waals surface area contributed by atoms with Crippen molar-refractivity contribution in [2.75, 3.05) is 13.1 Å². The fourth-order valence-corrected chi connectivity index (χ4v) is 2.07. The minimum absolute atomic E-state index is 0.217. The third kappa shape index (κ3) is 15.4. The van der Waals surface area contributed by atoms with Crippen molar-refractivity contribution in [2.24, 2.45) is 5.73 Å². The van der Waals surface area contributed by atoms with Crippen molar-refractivity contribution in [3.05, 3.63) is 0 Å². The summed E-state index contributed by atoms with van der Waals surface area (Å²) in [6, 6.07) is 0. The Morgan fingerprint density at radius 3 is 1.83 bits per heavy atom. The van der Waals surface area contributed by atoms with Crippen LogP contribution in [0.1, 0.15) is 77.6 Å². The number of nitrogens with two attached hydrogens (primary N) is 1. The topological polar surface area (TPSA) is 55.1 Å². The molecule has 0 fully saturated rings. The Morgan fingerprint density at radius 2 is 1.33 bits per heavy atom. The molecule has 0 spiro atoms. The van der Waals surface area contributed by atoms with E-state index >= 15 is 0 Å². The Morgan fingerprint density at radius 1 is 0.833 bits per heavy atom. The average Bonchev–Trinajstić information content (AvgIpc) is 2.34. The van der Waals surface area contributed by atoms with Crippen LogP contribution in [0.25, 0.3) is 0 Å². The normalized spacial score (nSPS) is 10.7. The van der Waals surface area contributed by atoms with E-state index in [1.54, 1.807) is 0 Å². The predicted octanol–water partition coefficient (Wildman–Crippen LogP) is 3.37. The maximum atomic E-state index is 10.5. The lowest BCUT2D eigenvalue weighted by Gasteiger charge is -2.04. The standard InChI is InChI=1S/C15H32N2O/c1-2-3-4-5-6-7-8-9-10-11-13-17-14-12-15(16)18/h17H,2-14H2,1H3,(H2,16,18). The van der Waals surface area contributed by atoms with Crippen LogP contribution in [0.5, 0.6) is 0 Å². The fraction of sp³-hybridized carbons (Fsp3) is 0.933. The van der Waals surface area contributed by atoms with E-state index in [4.69, 9.17) is 5.73 Å². The molecule has 0 atom stereocenters. The second-order valence-electron chi connectivity index (χ2n) is 5.15. The summed E-state index contributed by atoms with van der Waals surface area (Å²) < 4.78 is 0. The molecule has 108 valence electrons. The highest BCUT2D eigenvalue weighted by Gasteiger charge is 1.94. The Bertz CT molecular complexity index is 183. The van der Waals surface area contributed by atoms with Crippen molar-refractivity contribution >= 4 is 5.91 Å². The van der Waals surface area contributed by atoms with Crippen molar-refractivity contribution in [3.8, 4) is 0 Å². The van der Waals surface area contributed by atoms with E-state index in [0.29, 0.717) is 6.42 Å². The molecule has 0 saturated heterocycles. The molecule has 0 aromatic carbocycles. The van der Waals surface area contributed by atoms with Crippen LogP contribution in [-0.4, -0.2) is 19.0 Å². The number of hydrogen-bond acceptors (Lipinski definition) is 2. The van der Waals surface area contributed by atoms with Gasteiger partial charge in [-0.1, -0.05) is 64.7 Å². The summed E-state index contributed by atoms with van der Waals surface area (Å²) in [5, 5.41) is 3.24. The minimum atomic E-state index is -0.217. The monoisotopic (exact) mass is 256 g/mol. The molecule has 0 aliphatic rings. The molecular weight excluding hydrogens is 224 g/mol. The summed E-state index contributed by atoms with van der Waals surface area (Å²) >= 11 is 0. The van der Waals surface area contributed by atoms with E-state index in [0.717, 1.165) is 13.1 Å². The molecule has 0 aromatic heterocycles. The van der Waals surface area contributed by atoms with Gasteiger partial charge in [-0.2, -0.15) is 0 Å². The summed E-state index contributed by atoms with van der Waals surface area (Å²) in [6.07, 6.45) is 14.1. The first kappa shape index (κ1) is 17.4. The highest BCUT2D eigenvalue weighted by molar-refractivity contribution is 5.73. The highest BCUT2D eigenvalue weighted by atomic mass is 16.1. The van der Waals surface area contributed by atoms with Gasteiger partial charge in [-0.25, -0.2) is 0 Å². The molecule has 0 radical (unpaired) electrons. The Hall–Kier alpha value is -0.570. The predicted molar refractivity (Wildman–Crippen MR) is 78.5 cm³/mol. The van der Waals surface area contributed by atoms with Crippen molar-refractivity contribution in [2.45, 2.75) is 77.6 Å². The maximum absolute atomic E-state index is 10.5. The number of unbranched alkanes of at least 4 members (excludes halogenated alkanes) is 9. The summed E-state index contributed by atoms with van der Waals surface area (Å²) in [4.78, 5) is 10.5. The van der Waals surface area contributed by atoms with Gasteiger partial charge in [-0.15, -0.1) is 0 Å². The Kier molecular flexibility index (Phi) is 14.0. The minimum Gasteiger partial charge on any atom is -0.370 e. The number of amides is 1. The van der Waals surface area contributed by atoms with Crippen LogP contribution in [0.4, 0.5) is 0 Å². The number of rotatable bonds is 14. The maximum Gasteiger partial charge on any atom is 0.218 e. The molecule has 0 saturated carbocycles. The lowest BCUT2D eigenvalue weighted by Crippen LogP contribution is -2.22. The second kappa shape index (κ2) is 14.5. The lowest BCUT2D eigenvalue weighted by atomic mass is 10.1. The molecular formula is C15H32N2O. The van der Waals surface area contributed by atoms with Crippen molar-refractivity contribution < 1.29 is 4.79 Å². The van der Waals surface area contributed by atoms with Crippen molar-refractivity contribution in [3.63, 3.8) is 0 Å². The molecule has 0 aliphatic heterocycles. The number of hydrogen-bond donors (Lipinski definition) is 2. The molecule has 3 nitrogen and oxygen atoms in total. The van der Waals surface area contributed by atoms with Crippen LogP contribution in [0, 0.1) is 0 Å². The molecule has 0 aromatic rings.